The Balaban J connectivity index is 1.40. The zero-order valence-electron chi connectivity index (χ0n) is 20.7. The Labute approximate surface area is 209 Å². The Morgan fingerprint density at radius 2 is 1.44 bits per heavy atom. The first kappa shape index (κ1) is 22.8. The van der Waals surface area contributed by atoms with E-state index in [1.165, 1.54) is 12.1 Å². The minimum atomic E-state index is -0.288. The van der Waals surface area contributed by atoms with E-state index in [2.05, 4.69) is 39.8 Å². The maximum absolute atomic E-state index is 13.9. The molecule has 10 heteroatoms. The van der Waals surface area contributed by atoms with Crippen LogP contribution >= 0.6 is 0 Å². The number of piperazine rings is 2. The summed E-state index contributed by atoms with van der Waals surface area (Å²) in [5, 5.41) is 4.89. The summed E-state index contributed by atoms with van der Waals surface area (Å²) in [5.74, 6) is 1.35. The lowest BCUT2D eigenvalue weighted by molar-refractivity contribution is 0.311. The third kappa shape index (κ3) is 4.49. The fraction of sp³-hybridized carbons (Fsp3) is 0.385. The molecule has 2 aliphatic heterocycles. The molecule has 6 rings (SSSR count). The molecule has 2 aliphatic rings. The van der Waals surface area contributed by atoms with Crippen LogP contribution < -0.4 is 9.80 Å². The number of aromatic nitrogens is 5. The summed E-state index contributed by atoms with van der Waals surface area (Å²) in [6, 6.07) is 8.57. The average Bonchev–Trinajstić information content (AvgIpc) is 3.34. The third-order valence-corrected chi connectivity index (χ3v) is 7.10. The fourth-order valence-corrected chi connectivity index (χ4v) is 4.78. The maximum Gasteiger partial charge on any atom is 0.225 e. The van der Waals surface area contributed by atoms with Crippen LogP contribution in [0.1, 0.15) is 0 Å². The lowest BCUT2D eigenvalue weighted by Crippen LogP contribution is -2.45. The molecule has 3 aromatic heterocycles. The third-order valence-electron chi connectivity index (χ3n) is 7.10. The molecule has 0 radical (unpaired) electrons. The van der Waals surface area contributed by atoms with Crippen molar-refractivity contribution in [3.63, 3.8) is 0 Å². The van der Waals surface area contributed by atoms with Crippen LogP contribution in [-0.2, 0) is 0 Å². The number of likely N-dealkylation sites (N-methyl/N-ethyl adjacent to an activating group) is 2. The number of imidazole rings is 1. The molecule has 0 aliphatic carbocycles. The van der Waals surface area contributed by atoms with Crippen molar-refractivity contribution in [2.24, 2.45) is 0 Å². The fourth-order valence-electron chi connectivity index (χ4n) is 4.78. The number of halogens is 1. The second-order valence-electron chi connectivity index (χ2n) is 9.67. The number of benzene rings is 1. The number of nitrogens with zero attached hydrogens (tertiary/aromatic N) is 9. The summed E-state index contributed by atoms with van der Waals surface area (Å²) in [4.78, 5) is 23.4. The highest BCUT2D eigenvalue weighted by atomic mass is 19.1. The Hall–Kier alpha value is -3.63. The van der Waals surface area contributed by atoms with Gasteiger partial charge < -0.3 is 19.6 Å². The van der Waals surface area contributed by atoms with E-state index in [1.807, 2.05) is 24.7 Å². The molecule has 0 saturated carbocycles. The highest BCUT2D eigenvalue weighted by molar-refractivity contribution is 5.81. The summed E-state index contributed by atoms with van der Waals surface area (Å²) in [6.45, 7) is 7.60. The van der Waals surface area contributed by atoms with Crippen molar-refractivity contribution in [3.8, 4) is 22.4 Å². The average molecular weight is 488 g/mol. The van der Waals surface area contributed by atoms with E-state index in [9.17, 15) is 4.39 Å². The number of fused-ring (bicyclic) bond motifs is 1. The van der Waals surface area contributed by atoms with Crippen LogP contribution in [0.2, 0.25) is 0 Å². The standard InChI is InChI=1S/C26H30FN9/c1-32-6-10-34(11-7-32)24-15-22(20-16-28-26(29-17-20)35-12-8-33(2)9-13-35)25-30-23(18-36(25)31-24)19-4-3-5-21(27)14-19/h3-5,14-18H,6-13H2,1-2H3. The lowest BCUT2D eigenvalue weighted by atomic mass is 10.1. The first-order valence-corrected chi connectivity index (χ1v) is 12.4. The largest absolute Gasteiger partial charge is 0.353 e. The summed E-state index contributed by atoms with van der Waals surface area (Å²) >= 11 is 0. The van der Waals surface area contributed by atoms with E-state index >= 15 is 0 Å². The lowest BCUT2D eigenvalue weighted by Gasteiger charge is -2.33. The van der Waals surface area contributed by atoms with Gasteiger partial charge in [0.25, 0.3) is 0 Å². The van der Waals surface area contributed by atoms with Crippen LogP contribution in [0, 0.1) is 5.82 Å². The molecule has 4 aromatic rings. The molecule has 0 amide bonds. The summed E-state index contributed by atoms with van der Waals surface area (Å²) in [5.41, 5.74) is 3.88. The second kappa shape index (κ2) is 9.44. The molecule has 0 unspecified atom stereocenters. The van der Waals surface area contributed by atoms with Gasteiger partial charge in [0.1, 0.15) is 11.6 Å². The molecule has 0 spiro atoms. The van der Waals surface area contributed by atoms with Crippen molar-refractivity contribution in [2.45, 2.75) is 0 Å². The molecule has 1 aromatic carbocycles. The molecule has 36 heavy (non-hydrogen) atoms. The van der Waals surface area contributed by atoms with Gasteiger partial charge in [-0.25, -0.2) is 23.9 Å². The number of hydrogen-bond donors (Lipinski definition) is 0. The van der Waals surface area contributed by atoms with Crippen LogP contribution in [0.25, 0.3) is 28.0 Å². The van der Waals surface area contributed by atoms with Gasteiger partial charge in [-0.3, -0.25) is 0 Å². The van der Waals surface area contributed by atoms with Gasteiger partial charge in [0.15, 0.2) is 5.65 Å². The van der Waals surface area contributed by atoms with Crippen molar-refractivity contribution >= 4 is 17.4 Å². The van der Waals surface area contributed by atoms with Gasteiger partial charge in [0, 0.05) is 81.4 Å². The van der Waals surface area contributed by atoms with Crippen molar-refractivity contribution in [1.29, 1.82) is 0 Å². The Kier molecular flexibility index (Phi) is 5.98. The predicted octanol–water partition coefficient (Wildman–Crippen LogP) is 2.50. The minimum Gasteiger partial charge on any atom is -0.353 e. The van der Waals surface area contributed by atoms with Gasteiger partial charge in [-0.2, -0.15) is 0 Å². The smallest absolute Gasteiger partial charge is 0.225 e. The van der Waals surface area contributed by atoms with Crippen LogP contribution in [0.3, 0.4) is 0 Å². The highest BCUT2D eigenvalue weighted by Gasteiger charge is 2.21. The van der Waals surface area contributed by atoms with E-state index in [1.54, 1.807) is 10.6 Å². The van der Waals surface area contributed by atoms with E-state index < -0.39 is 0 Å². The Morgan fingerprint density at radius 3 is 2.11 bits per heavy atom. The first-order valence-electron chi connectivity index (χ1n) is 12.4. The normalized spacial score (nSPS) is 17.8. The van der Waals surface area contributed by atoms with Crippen LogP contribution in [0.5, 0.6) is 0 Å². The van der Waals surface area contributed by atoms with E-state index in [0.717, 1.165) is 75.3 Å². The highest BCUT2D eigenvalue weighted by Crippen LogP contribution is 2.30. The molecule has 0 bridgehead atoms. The first-order chi connectivity index (χ1) is 17.5. The van der Waals surface area contributed by atoms with Gasteiger partial charge in [-0.1, -0.05) is 12.1 Å². The van der Waals surface area contributed by atoms with E-state index in [-0.39, 0.29) is 5.82 Å². The molecule has 2 saturated heterocycles. The van der Waals surface area contributed by atoms with Crippen LogP contribution in [0.4, 0.5) is 16.2 Å². The zero-order chi connectivity index (χ0) is 24.6. The summed E-state index contributed by atoms with van der Waals surface area (Å²) < 4.78 is 15.7. The Morgan fingerprint density at radius 1 is 0.778 bits per heavy atom. The molecular formula is C26H30FN9. The SMILES string of the molecule is CN1CCN(c2cc(-c3cnc(N4CCN(C)CC4)nc3)c3nc(-c4cccc(F)c4)cn3n2)CC1. The van der Waals surface area contributed by atoms with Crippen molar-refractivity contribution in [2.75, 3.05) is 76.3 Å². The monoisotopic (exact) mass is 487 g/mol. The summed E-state index contributed by atoms with van der Waals surface area (Å²) in [6.07, 6.45) is 5.62. The molecule has 5 heterocycles. The quantitative estimate of drug-likeness (QED) is 0.435. The molecular weight excluding hydrogens is 457 g/mol. The molecule has 2 fully saturated rings. The van der Waals surface area contributed by atoms with Crippen molar-refractivity contribution < 1.29 is 4.39 Å². The molecule has 0 atom stereocenters. The number of hydrogen-bond acceptors (Lipinski definition) is 8. The second-order valence-corrected chi connectivity index (χ2v) is 9.67. The molecule has 9 nitrogen and oxygen atoms in total. The topological polar surface area (TPSA) is 68.9 Å². The summed E-state index contributed by atoms with van der Waals surface area (Å²) in [7, 11) is 4.27. The van der Waals surface area contributed by atoms with Crippen LogP contribution in [-0.4, -0.2) is 101 Å². The Bertz CT molecular complexity index is 1350. The minimum absolute atomic E-state index is 0.288. The maximum atomic E-state index is 13.9. The van der Waals surface area contributed by atoms with E-state index in [4.69, 9.17) is 20.1 Å². The number of rotatable bonds is 4. The van der Waals surface area contributed by atoms with E-state index in [0.29, 0.717) is 16.9 Å². The molecule has 186 valence electrons. The zero-order valence-corrected chi connectivity index (χ0v) is 20.7. The molecule has 0 N–H and O–H groups in total. The van der Waals surface area contributed by atoms with Gasteiger partial charge in [-0.15, -0.1) is 5.10 Å². The van der Waals surface area contributed by atoms with Gasteiger partial charge in [-0.05, 0) is 32.3 Å². The van der Waals surface area contributed by atoms with Gasteiger partial charge in [0.2, 0.25) is 5.95 Å². The van der Waals surface area contributed by atoms with Crippen LogP contribution in [0.15, 0.2) is 48.9 Å². The van der Waals surface area contributed by atoms with Gasteiger partial charge >= 0.3 is 0 Å². The number of anilines is 2. The van der Waals surface area contributed by atoms with Crippen molar-refractivity contribution in [1.82, 2.24) is 34.4 Å². The van der Waals surface area contributed by atoms with Gasteiger partial charge in [0.05, 0.1) is 11.9 Å². The van der Waals surface area contributed by atoms with Crippen molar-refractivity contribution in [3.05, 3.63) is 54.7 Å². The predicted molar refractivity (Wildman–Crippen MR) is 139 cm³/mol.